The zero-order valence-electron chi connectivity index (χ0n) is 10.8. The number of carboxylic acids is 2. The van der Waals surface area contributed by atoms with Gasteiger partial charge in [-0.05, 0) is 0 Å². The Hall–Kier alpha value is -1.13. The third-order valence-electron chi connectivity index (χ3n) is 2.45. The van der Waals surface area contributed by atoms with E-state index < -0.39 is 23.4 Å². The molecule has 2 fully saturated rings. The second kappa shape index (κ2) is 8.22. The van der Waals surface area contributed by atoms with Gasteiger partial charge in [0, 0.05) is 24.6 Å². The van der Waals surface area contributed by atoms with Crippen molar-refractivity contribution in [2.24, 2.45) is 0 Å². The maximum atomic E-state index is 11.0. The van der Waals surface area contributed by atoms with Gasteiger partial charge in [-0.15, -0.1) is 23.5 Å². The molecule has 0 aromatic rings. The molecule has 114 valence electrons. The number of amides is 1. The van der Waals surface area contributed by atoms with Crippen LogP contribution in [0.3, 0.4) is 0 Å². The fourth-order valence-corrected chi connectivity index (χ4v) is 3.45. The van der Waals surface area contributed by atoms with Gasteiger partial charge >= 0.3 is 18.0 Å². The number of carbonyl (C=O) groups is 3. The molecule has 2 saturated heterocycles. The lowest BCUT2D eigenvalue weighted by Gasteiger charge is -2.17. The van der Waals surface area contributed by atoms with E-state index in [0.29, 0.717) is 12.3 Å². The van der Waals surface area contributed by atoms with Gasteiger partial charge in [-0.3, -0.25) is 10.2 Å². The highest BCUT2D eigenvalue weighted by Crippen LogP contribution is 2.24. The molecule has 1 amide bonds. The summed E-state index contributed by atoms with van der Waals surface area (Å²) in [6, 6.07) is 0. The minimum Gasteiger partial charge on any atom is -0.479 e. The minimum absolute atomic E-state index is 0.352. The predicted octanol–water partition coefficient (Wildman–Crippen LogP) is -0.0542. The Bertz CT molecular complexity index is 375. The van der Waals surface area contributed by atoms with Gasteiger partial charge in [0.2, 0.25) is 0 Å². The summed E-state index contributed by atoms with van der Waals surface area (Å²) >= 11 is 2.67. The van der Waals surface area contributed by atoms with Crippen molar-refractivity contribution in [3.63, 3.8) is 0 Å². The number of carboxylic acid groups (broad SMARTS) is 2. The lowest BCUT2D eigenvalue weighted by Crippen LogP contribution is -2.39. The van der Waals surface area contributed by atoms with Crippen LogP contribution in [0.2, 0.25) is 0 Å². The molecular weight excluding hydrogens is 308 g/mol. The van der Waals surface area contributed by atoms with Crippen LogP contribution in [0.4, 0.5) is 4.79 Å². The molecule has 0 aliphatic carbocycles. The Kier molecular flexibility index (Phi) is 6.96. The molecule has 2 atom stereocenters. The van der Waals surface area contributed by atoms with Crippen LogP contribution in [0.25, 0.3) is 0 Å². The monoisotopic (exact) mass is 324 g/mol. The molecule has 2 unspecified atom stereocenters. The number of thioether (sulfide) groups is 2. The quantitative estimate of drug-likeness (QED) is 0.642. The molecule has 8 nitrogen and oxygen atoms in total. The molecule has 20 heavy (non-hydrogen) atoms. The van der Waals surface area contributed by atoms with Crippen LogP contribution in [0.1, 0.15) is 0 Å². The first-order valence-corrected chi connectivity index (χ1v) is 7.84. The van der Waals surface area contributed by atoms with Crippen LogP contribution < -0.4 is 5.32 Å². The van der Waals surface area contributed by atoms with Crippen molar-refractivity contribution in [3.8, 4) is 0 Å². The Morgan fingerprint density at radius 1 is 1.20 bits per heavy atom. The Balaban J connectivity index is 0.000000217. The Morgan fingerprint density at radius 2 is 1.90 bits per heavy atom. The van der Waals surface area contributed by atoms with Gasteiger partial charge in [-0.1, -0.05) is 0 Å². The van der Waals surface area contributed by atoms with E-state index >= 15 is 0 Å². The SMILES string of the molecule is COC(=O)N1CCSC1C(=O)O.O=C(O)C1NCCS1. The van der Waals surface area contributed by atoms with Crippen molar-refractivity contribution in [1.29, 1.82) is 0 Å². The molecule has 2 heterocycles. The molecule has 0 bridgehead atoms. The van der Waals surface area contributed by atoms with E-state index in [4.69, 9.17) is 10.2 Å². The number of nitrogens with one attached hydrogen (secondary N) is 1. The summed E-state index contributed by atoms with van der Waals surface area (Å²) in [5.74, 6) is -0.196. The highest BCUT2D eigenvalue weighted by atomic mass is 32.2. The maximum Gasteiger partial charge on any atom is 0.410 e. The van der Waals surface area contributed by atoms with Gasteiger partial charge in [0.1, 0.15) is 0 Å². The number of aliphatic carboxylic acids is 2. The summed E-state index contributed by atoms with van der Waals surface area (Å²) in [4.78, 5) is 32.8. The summed E-state index contributed by atoms with van der Waals surface area (Å²) in [6.07, 6.45) is -0.576. The minimum atomic E-state index is -0.997. The lowest BCUT2D eigenvalue weighted by atomic mass is 10.5. The molecule has 2 rings (SSSR count). The number of hydrogen-bond acceptors (Lipinski definition) is 7. The predicted molar refractivity (Wildman–Crippen MR) is 74.9 cm³/mol. The first kappa shape index (κ1) is 16.9. The number of methoxy groups -OCH3 is 1. The van der Waals surface area contributed by atoms with Gasteiger partial charge in [0.05, 0.1) is 7.11 Å². The highest BCUT2D eigenvalue weighted by molar-refractivity contribution is 8.01. The van der Waals surface area contributed by atoms with Crippen molar-refractivity contribution in [2.75, 3.05) is 31.7 Å². The third kappa shape index (κ3) is 4.76. The summed E-state index contributed by atoms with van der Waals surface area (Å²) in [7, 11) is 1.24. The van der Waals surface area contributed by atoms with E-state index in [-0.39, 0.29) is 5.37 Å². The van der Waals surface area contributed by atoms with E-state index in [9.17, 15) is 14.4 Å². The van der Waals surface area contributed by atoms with Crippen LogP contribution in [0.15, 0.2) is 0 Å². The van der Waals surface area contributed by atoms with E-state index in [1.807, 2.05) is 0 Å². The zero-order chi connectivity index (χ0) is 15.1. The molecule has 2 aliphatic heterocycles. The molecule has 0 aromatic heterocycles. The molecule has 0 saturated carbocycles. The first-order valence-electron chi connectivity index (χ1n) is 5.74. The van der Waals surface area contributed by atoms with Crippen molar-refractivity contribution in [3.05, 3.63) is 0 Å². The average molecular weight is 324 g/mol. The first-order chi connectivity index (χ1) is 9.47. The van der Waals surface area contributed by atoms with Gasteiger partial charge < -0.3 is 14.9 Å². The number of hydrogen-bond donors (Lipinski definition) is 3. The molecular formula is C10H16N2O6S2. The number of nitrogens with zero attached hydrogens (tertiary/aromatic N) is 1. The number of rotatable bonds is 2. The van der Waals surface area contributed by atoms with Crippen LogP contribution in [-0.2, 0) is 14.3 Å². The highest BCUT2D eigenvalue weighted by Gasteiger charge is 2.35. The van der Waals surface area contributed by atoms with Crippen LogP contribution in [0, 0.1) is 0 Å². The van der Waals surface area contributed by atoms with Crippen LogP contribution >= 0.6 is 23.5 Å². The van der Waals surface area contributed by atoms with Gasteiger partial charge in [0.15, 0.2) is 10.7 Å². The van der Waals surface area contributed by atoms with Crippen molar-refractivity contribution in [2.45, 2.75) is 10.7 Å². The Morgan fingerprint density at radius 3 is 2.30 bits per heavy atom. The summed E-state index contributed by atoms with van der Waals surface area (Å²) < 4.78 is 4.42. The molecule has 0 aromatic carbocycles. The standard InChI is InChI=1S/C6H9NO4S.C4H7NO2S/c1-11-6(10)7-2-3-12-4(7)5(8)9;6-4(7)3-5-1-2-8-3/h4H,2-3H2,1H3,(H,8,9);3,5H,1-2H2,(H,6,7). The molecule has 0 radical (unpaired) electrons. The van der Waals surface area contributed by atoms with Crippen LogP contribution in [-0.4, -0.2) is 75.6 Å². The molecule has 10 heteroatoms. The van der Waals surface area contributed by atoms with E-state index in [1.165, 1.54) is 35.5 Å². The van der Waals surface area contributed by atoms with Crippen molar-refractivity contribution < 1.29 is 29.3 Å². The topological polar surface area (TPSA) is 116 Å². The molecule has 2 aliphatic rings. The summed E-state index contributed by atoms with van der Waals surface area (Å²) in [5, 5.41) is 18.7. The average Bonchev–Trinajstić information content (AvgIpc) is 3.09. The van der Waals surface area contributed by atoms with Gasteiger partial charge in [-0.2, -0.15) is 0 Å². The van der Waals surface area contributed by atoms with Crippen molar-refractivity contribution in [1.82, 2.24) is 10.2 Å². The van der Waals surface area contributed by atoms with E-state index in [2.05, 4.69) is 10.1 Å². The number of ether oxygens (including phenoxy) is 1. The van der Waals surface area contributed by atoms with E-state index in [0.717, 1.165) is 12.3 Å². The fourth-order valence-electron chi connectivity index (χ4n) is 1.56. The summed E-state index contributed by atoms with van der Waals surface area (Å²) in [5.41, 5.74) is 0. The second-order valence-electron chi connectivity index (χ2n) is 3.77. The van der Waals surface area contributed by atoms with Gasteiger partial charge in [0.25, 0.3) is 0 Å². The maximum absolute atomic E-state index is 11.0. The summed E-state index contributed by atoms with van der Waals surface area (Å²) in [6.45, 7) is 1.26. The fraction of sp³-hybridized carbons (Fsp3) is 0.700. The zero-order valence-corrected chi connectivity index (χ0v) is 12.4. The Labute approximate surface area is 124 Å². The van der Waals surface area contributed by atoms with Crippen LogP contribution in [0.5, 0.6) is 0 Å². The van der Waals surface area contributed by atoms with Crippen molar-refractivity contribution >= 4 is 41.6 Å². The van der Waals surface area contributed by atoms with Gasteiger partial charge in [-0.25, -0.2) is 14.4 Å². The molecule has 0 spiro atoms. The largest absolute Gasteiger partial charge is 0.479 e. The third-order valence-corrected chi connectivity index (χ3v) is 4.78. The lowest BCUT2D eigenvalue weighted by molar-refractivity contribution is -0.139. The smallest absolute Gasteiger partial charge is 0.410 e. The normalized spacial score (nSPS) is 24.8. The molecule has 3 N–H and O–H groups in total. The van der Waals surface area contributed by atoms with E-state index in [1.54, 1.807) is 0 Å². The number of carbonyl (C=O) groups excluding carboxylic acids is 1. The second-order valence-corrected chi connectivity index (χ2v) is 6.17.